The molecule has 0 spiro atoms. The predicted molar refractivity (Wildman–Crippen MR) is 90.2 cm³/mol. The lowest BCUT2D eigenvalue weighted by Crippen LogP contribution is -2.03. The van der Waals surface area contributed by atoms with Gasteiger partial charge >= 0.3 is 0 Å². The zero-order valence-electron chi connectivity index (χ0n) is 11.8. The minimum Gasteiger partial charge on any atom is -0.279 e. The molecule has 0 aliphatic carbocycles. The van der Waals surface area contributed by atoms with Crippen molar-refractivity contribution < 1.29 is 0 Å². The number of hydrogen-bond donors (Lipinski definition) is 0. The first-order chi connectivity index (χ1) is 10.1. The molecule has 0 amide bonds. The number of rotatable bonds is 3. The first-order valence-electron chi connectivity index (χ1n) is 6.87. The Hall–Kier alpha value is -1.39. The fraction of sp³-hybridized carbons (Fsp3) is 0.250. The van der Waals surface area contributed by atoms with E-state index in [0.717, 1.165) is 33.6 Å². The number of hydrogen-bond acceptors (Lipinski definition) is 2. The van der Waals surface area contributed by atoms with E-state index in [1.165, 1.54) is 5.56 Å². The molecule has 0 bridgehead atoms. The molecule has 0 saturated heterocycles. The fourth-order valence-corrected chi connectivity index (χ4v) is 2.86. The van der Waals surface area contributed by atoms with Crippen LogP contribution >= 0.6 is 27.5 Å². The van der Waals surface area contributed by atoms with Crippen LogP contribution in [0, 0.1) is 0 Å². The summed E-state index contributed by atoms with van der Waals surface area (Å²) in [4.78, 5) is 9.15. The van der Waals surface area contributed by atoms with Crippen LogP contribution in [-0.2, 0) is 6.42 Å². The van der Waals surface area contributed by atoms with Gasteiger partial charge in [-0.15, -0.1) is 11.6 Å². The minimum atomic E-state index is -0.191. The molecule has 21 heavy (non-hydrogen) atoms. The van der Waals surface area contributed by atoms with Crippen molar-refractivity contribution in [3.8, 4) is 5.69 Å². The molecule has 0 fully saturated rings. The summed E-state index contributed by atoms with van der Waals surface area (Å²) in [6, 6.07) is 10.4. The van der Waals surface area contributed by atoms with Crippen molar-refractivity contribution in [2.24, 2.45) is 0 Å². The summed E-state index contributed by atoms with van der Waals surface area (Å²) in [7, 11) is 0. The summed E-state index contributed by atoms with van der Waals surface area (Å²) in [6.45, 7) is 4.07. The number of fused-ring (bicyclic) bond motifs is 1. The molecular weight excluding hydrogens is 350 g/mol. The summed E-state index contributed by atoms with van der Waals surface area (Å²) in [5.41, 5.74) is 4.00. The highest BCUT2D eigenvalue weighted by molar-refractivity contribution is 9.10. The Morgan fingerprint density at radius 1 is 1.33 bits per heavy atom. The maximum atomic E-state index is 6.32. The van der Waals surface area contributed by atoms with Crippen molar-refractivity contribution in [1.29, 1.82) is 0 Å². The van der Waals surface area contributed by atoms with Gasteiger partial charge in [0.2, 0.25) is 0 Å². The molecule has 0 saturated carbocycles. The Labute approximate surface area is 137 Å². The Bertz CT molecular complexity index is 795. The Morgan fingerprint density at radius 3 is 2.86 bits per heavy atom. The SMILES string of the molecule is CCc1cccc(-n2c(C(C)Cl)nc3cc(Br)cnc32)c1. The monoisotopic (exact) mass is 363 g/mol. The van der Waals surface area contributed by atoms with E-state index < -0.39 is 0 Å². The van der Waals surface area contributed by atoms with Gasteiger partial charge in [0.1, 0.15) is 11.3 Å². The first kappa shape index (κ1) is 14.5. The molecule has 1 aromatic carbocycles. The third-order valence-electron chi connectivity index (χ3n) is 3.42. The number of benzene rings is 1. The van der Waals surface area contributed by atoms with Crippen LogP contribution in [0.1, 0.15) is 30.6 Å². The molecule has 3 aromatic rings. The van der Waals surface area contributed by atoms with Crippen LogP contribution in [0.25, 0.3) is 16.9 Å². The van der Waals surface area contributed by atoms with E-state index in [0.29, 0.717) is 0 Å². The van der Waals surface area contributed by atoms with Crippen molar-refractivity contribution in [2.75, 3.05) is 0 Å². The molecule has 2 heterocycles. The van der Waals surface area contributed by atoms with Gasteiger partial charge in [-0.05, 0) is 53.0 Å². The number of aromatic nitrogens is 3. The number of pyridine rings is 1. The summed E-state index contributed by atoms with van der Waals surface area (Å²) in [6.07, 6.45) is 2.78. The largest absolute Gasteiger partial charge is 0.279 e. The number of aryl methyl sites for hydroxylation is 1. The summed E-state index contributed by atoms with van der Waals surface area (Å²) in [5.74, 6) is 0.811. The second kappa shape index (κ2) is 5.78. The maximum absolute atomic E-state index is 6.32. The number of alkyl halides is 1. The Balaban J connectivity index is 2.30. The lowest BCUT2D eigenvalue weighted by molar-refractivity contribution is 0.875. The summed E-state index contributed by atoms with van der Waals surface area (Å²) >= 11 is 9.76. The van der Waals surface area contributed by atoms with E-state index >= 15 is 0 Å². The fourth-order valence-electron chi connectivity index (χ4n) is 2.39. The number of halogens is 2. The second-order valence-electron chi connectivity index (χ2n) is 4.94. The Morgan fingerprint density at radius 2 is 2.14 bits per heavy atom. The molecule has 0 aliphatic rings. The molecule has 3 rings (SSSR count). The van der Waals surface area contributed by atoms with E-state index in [1.54, 1.807) is 6.20 Å². The van der Waals surface area contributed by atoms with Crippen LogP contribution in [0.2, 0.25) is 0 Å². The van der Waals surface area contributed by atoms with Gasteiger partial charge in [0.15, 0.2) is 5.65 Å². The second-order valence-corrected chi connectivity index (χ2v) is 6.51. The zero-order chi connectivity index (χ0) is 15.0. The van der Waals surface area contributed by atoms with E-state index in [9.17, 15) is 0 Å². The van der Waals surface area contributed by atoms with Crippen molar-refractivity contribution in [1.82, 2.24) is 14.5 Å². The third-order valence-corrected chi connectivity index (χ3v) is 4.05. The lowest BCUT2D eigenvalue weighted by Gasteiger charge is -2.11. The summed E-state index contributed by atoms with van der Waals surface area (Å²) < 4.78 is 2.95. The van der Waals surface area contributed by atoms with Crippen molar-refractivity contribution in [2.45, 2.75) is 25.6 Å². The van der Waals surface area contributed by atoms with Crippen molar-refractivity contribution in [3.05, 3.63) is 52.4 Å². The smallest absolute Gasteiger partial charge is 0.164 e. The van der Waals surface area contributed by atoms with Crippen LogP contribution in [0.3, 0.4) is 0 Å². The van der Waals surface area contributed by atoms with Gasteiger partial charge in [-0.1, -0.05) is 19.1 Å². The minimum absolute atomic E-state index is 0.191. The maximum Gasteiger partial charge on any atom is 0.164 e. The molecule has 5 heteroatoms. The topological polar surface area (TPSA) is 30.7 Å². The zero-order valence-corrected chi connectivity index (χ0v) is 14.2. The van der Waals surface area contributed by atoms with Gasteiger partial charge in [0.25, 0.3) is 0 Å². The van der Waals surface area contributed by atoms with E-state index in [4.69, 9.17) is 11.6 Å². The van der Waals surface area contributed by atoms with Gasteiger partial charge < -0.3 is 0 Å². The van der Waals surface area contributed by atoms with Gasteiger partial charge in [-0.2, -0.15) is 0 Å². The molecule has 1 atom stereocenters. The van der Waals surface area contributed by atoms with Gasteiger partial charge in [-0.25, -0.2) is 9.97 Å². The quantitative estimate of drug-likeness (QED) is 0.609. The predicted octanol–water partition coefficient (Wildman–Crippen LogP) is 5.05. The van der Waals surface area contributed by atoms with Gasteiger partial charge in [0.05, 0.1) is 5.38 Å². The summed E-state index contributed by atoms with van der Waals surface area (Å²) in [5, 5.41) is -0.191. The first-order valence-corrected chi connectivity index (χ1v) is 8.10. The normalized spacial score (nSPS) is 12.8. The number of imidazole rings is 1. The van der Waals surface area contributed by atoms with Crippen LogP contribution in [0.5, 0.6) is 0 Å². The van der Waals surface area contributed by atoms with Crippen LogP contribution in [-0.4, -0.2) is 14.5 Å². The van der Waals surface area contributed by atoms with Crippen molar-refractivity contribution >= 4 is 38.7 Å². The van der Waals surface area contributed by atoms with E-state index in [2.05, 4.69) is 57.1 Å². The standard InChI is InChI=1S/C16H15BrClN3/c1-3-11-5-4-6-13(7-11)21-15(10(2)18)20-14-8-12(17)9-19-16(14)21/h4-10H,3H2,1-2H3. The molecule has 3 nitrogen and oxygen atoms in total. The highest BCUT2D eigenvalue weighted by atomic mass is 79.9. The Kier molecular flexibility index (Phi) is 4.00. The van der Waals surface area contributed by atoms with Crippen molar-refractivity contribution in [3.63, 3.8) is 0 Å². The lowest BCUT2D eigenvalue weighted by atomic mass is 10.1. The van der Waals surface area contributed by atoms with E-state index in [1.807, 2.05) is 17.6 Å². The molecule has 1 unspecified atom stereocenters. The molecule has 108 valence electrons. The molecule has 2 aromatic heterocycles. The molecule has 0 N–H and O–H groups in total. The highest BCUT2D eigenvalue weighted by Crippen LogP contribution is 2.28. The van der Waals surface area contributed by atoms with E-state index in [-0.39, 0.29) is 5.38 Å². The van der Waals surface area contributed by atoms with Crippen LogP contribution in [0.4, 0.5) is 0 Å². The average Bonchev–Trinajstić information content (AvgIpc) is 2.86. The van der Waals surface area contributed by atoms with Gasteiger partial charge in [0, 0.05) is 16.4 Å². The van der Waals surface area contributed by atoms with Crippen LogP contribution in [0.15, 0.2) is 41.0 Å². The highest BCUT2D eigenvalue weighted by Gasteiger charge is 2.17. The molecular formula is C16H15BrClN3. The number of nitrogens with zero attached hydrogens (tertiary/aromatic N) is 3. The van der Waals surface area contributed by atoms with Crippen LogP contribution < -0.4 is 0 Å². The molecule has 0 aliphatic heterocycles. The van der Waals surface area contributed by atoms with Gasteiger partial charge in [-0.3, -0.25) is 4.57 Å². The molecule has 0 radical (unpaired) electrons. The third kappa shape index (κ3) is 2.70. The average molecular weight is 365 g/mol.